The maximum absolute atomic E-state index is 3.71. The summed E-state index contributed by atoms with van der Waals surface area (Å²) in [7, 11) is 0. The maximum atomic E-state index is 3.71. The molecule has 0 aliphatic rings. The van der Waals surface area contributed by atoms with E-state index in [9.17, 15) is 0 Å². The molecule has 3 heteroatoms. The molecular weight excluding hydrogens is 213 g/mol. The van der Waals surface area contributed by atoms with Crippen molar-refractivity contribution in [1.29, 1.82) is 0 Å². The van der Waals surface area contributed by atoms with Gasteiger partial charge in [0, 0.05) is 11.0 Å². The lowest BCUT2D eigenvalue weighted by Gasteiger charge is -1.99. The van der Waals surface area contributed by atoms with Crippen LogP contribution in [0.1, 0.15) is 19.8 Å². The molecule has 0 unspecified atom stereocenters. The molecule has 0 saturated heterocycles. The lowest BCUT2D eigenvalue weighted by Crippen LogP contribution is -2.15. The third-order valence-electron chi connectivity index (χ3n) is 1.02. The van der Waals surface area contributed by atoms with Gasteiger partial charge in [0.15, 0.2) is 0 Å². The fourth-order valence-corrected chi connectivity index (χ4v) is 0.724. The van der Waals surface area contributed by atoms with Crippen LogP contribution >= 0.6 is 28.3 Å². The summed E-state index contributed by atoms with van der Waals surface area (Å²) in [5, 5.41) is 3.24. The zero-order chi connectivity index (χ0) is 7.11. The molecule has 0 aromatic carbocycles. The zero-order valence-corrected chi connectivity index (χ0v) is 8.72. The van der Waals surface area contributed by atoms with Gasteiger partial charge in [-0.3, -0.25) is 0 Å². The lowest BCUT2D eigenvalue weighted by molar-refractivity contribution is 0.680. The van der Waals surface area contributed by atoms with Crippen LogP contribution in [0, 0.1) is 0 Å². The van der Waals surface area contributed by atoms with Crippen molar-refractivity contribution in [3.05, 3.63) is 11.1 Å². The Morgan fingerprint density at radius 2 is 2.20 bits per heavy atom. The molecule has 0 saturated carbocycles. The van der Waals surface area contributed by atoms with E-state index in [1.807, 2.05) is 0 Å². The normalized spacial score (nSPS) is 8.60. The van der Waals surface area contributed by atoms with Gasteiger partial charge in [-0.15, -0.1) is 12.4 Å². The van der Waals surface area contributed by atoms with Crippen LogP contribution in [0.5, 0.6) is 0 Å². The van der Waals surface area contributed by atoms with Gasteiger partial charge in [0.05, 0.1) is 0 Å². The van der Waals surface area contributed by atoms with Gasteiger partial charge in [-0.25, -0.2) is 0 Å². The molecule has 0 aromatic heterocycles. The third-order valence-corrected chi connectivity index (χ3v) is 1.30. The number of hydrogen-bond acceptors (Lipinski definition) is 1. The van der Waals surface area contributed by atoms with E-state index in [0.717, 1.165) is 17.6 Å². The van der Waals surface area contributed by atoms with Crippen LogP contribution in [0.3, 0.4) is 0 Å². The Bertz CT molecular complexity index is 85.7. The van der Waals surface area contributed by atoms with Gasteiger partial charge < -0.3 is 5.32 Å². The van der Waals surface area contributed by atoms with Gasteiger partial charge in [0.1, 0.15) is 0 Å². The molecule has 0 fully saturated rings. The first-order valence-corrected chi connectivity index (χ1v) is 4.10. The molecule has 0 spiro atoms. The Balaban J connectivity index is 0. The molecule has 0 heterocycles. The monoisotopic (exact) mass is 227 g/mol. The molecule has 0 amide bonds. The van der Waals surface area contributed by atoms with Crippen molar-refractivity contribution in [2.24, 2.45) is 0 Å². The predicted molar refractivity (Wildman–Crippen MR) is 53.1 cm³/mol. The second-order valence-electron chi connectivity index (χ2n) is 2.05. The lowest BCUT2D eigenvalue weighted by atomic mass is 10.3. The Morgan fingerprint density at radius 1 is 1.60 bits per heavy atom. The molecule has 0 atom stereocenters. The first kappa shape index (κ1) is 13.1. The van der Waals surface area contributed by atoms with Crippen molar-refractivity contribution in [1.82, 2.24) is 5.32 Å². The van der Waals surface area contributed by atoms with Gasteiger partial charge in [-0.1, -0.05) is 35.9 Å². The molecule has 0 radical (unpaired) electrons. The van der Waals surface area contributed by atoms with Crippen molar-refractivity contribution in [3.8, 4) is 0 Å². The number of nitrogens with one attached hydrogen (secondary N) is 1. The van der Waals surface area contributed by atoms with Crippen LogP contribution < -0.4 is 5.32 Å². The molecule has 0 aromatic rings. The summed E-state index contributed by atoms with van der Waals surface area (Å²) in [5.41, 5.74) is 0. The predicted octanol–water partition coefficient (Wildman–Crippen LogP) is 2.71. The van der Waals surface area contributed by atoms with Gasteiger partial charge >= 0.3 is 0 Å². The minimum Gasteiger partial charge on any atom is -0.312 e. The second kappa shape index (κ2) is 9.47. The fraction of sp³-hybridized carbons (Fsp3) is 0.714. The standard InChI is InChI=1S/C7H14BrN.ClH/c1-3-4-5-9-6-7(2)8;/h9H,2-6H2,1H3;1H. The van der Waals surface area contributed by atoms with Gasteiger partial charge in [0.25, 0.3) is 0 Å². The van der Waals surface area contributed by atoms with E-state index in [4.69, 9.17) is 0 Å². The summed E-state index contributed by atoms with van der Waals surface area (Å²) in [4.78, 5) is 0. The minimum absolute atomic E-state index is 0. The maximum Gasteiger partial charge on any atom is 0.0265 e. The van der Waals surface area contributed by atoms with E-state index in [1.54, 1.807) is 0 Å². The van der Waals surface area contributed by atoms with Crippen molar-refractivity contribution in [3.63, 3.8) is 0 Å². The molecule has 0 rings (SSSR count). The van der Waals surface area contributed by atoms with Crippen LogP contribution in [0.2, 0.25) is 0 Å². The molecule has 62 valence electrons. The minimum atomic E-state index is 0. The highest BCUT2D eigenvalue weighted by Crippen LogP contribution is 1.96. The van der Waals surface area contributed by atoms with E-state index in [0.29, 0.717) is 0 Å². The topological polar surface area (TPSA) is 12.0 Å². The summed E-state index contributed by atoms with van der Waals surface area (Å²) in [5.74, 6) is 0. The largest absolute Gasteiger partial charge is 0.312 e. The second-order valence-corrected chi connectivity index (χ2v) is 3.17. The fourth-order valence-electron chi connectivity index (χ4n) is 0.526. The summed E-state index contributed by atoms with van der Waals surface area (Å²) in [6.07, 6.45) is 2.50. The smallest absolute Gasteiger partial charge is 0.0265 e. The van der Waals surface area contributed by atoms with Gasteiger partial charge in [0.2, 0.25) is 0 Å². The quantitative estimate of drug-likeness (QED) is 0.714. The van der Waals surface area contributed by atoms with Gasteiger partial charge in [-0.05, 0) is 13.0 Å². The van der Waals surface area contributed by atoms with Crippen molar-refractivity contribution < 1.29 is 0 Å². The number of unbranched alkanes of at least 4 members (excludes halogenated alkanes) is 1. The zero-order valence-electron chi connectivity index (χ0n) is 6.32. The molecule has 1 nitrogen and oxygen atoms in total. The average molecular weight is 229 g/mol. The Kier molecular flexibility index (Phi) is 12.4. The summed E-state index contributed by atoms with van der Waals surface area (Å²) >= 11 is 3.27. The van der Waals surface area contributed by atoms with Crippen LogP contribution in [-0.2, 0) is 0 Å². The number of hydrogen-bond donors (Lipinski definition) is 1. The van der Waals surface area contributed by atoms with Crippen LogP contribution in [-0.4, -0.2) is 13.1 Å². The molecule has 0 aliphatic carbocycles. The van der Waals surface area contributed by atoms with Crippen molar-refractivity contribution in [2.45, 2.75) is 19.8 Å². The Morgan fingerprint density at radius 3 is 2.60 bits per heavy atom. The van der Waals surface area contributed by atoms with E-state index >= 15 is 0 Å². The highest BCUT2D eigenvalue weighted by Gasteiger charge is 1.85. The third kappa shape index (κ3) is 11.3. The van der Waals surface area contributed by atoms with Gasteiger partial charge in [-0.2, -0.15) is 0 Å². The first-order chi connectivity index (χ1) is 4.27. The molecule has 1 N–H and O–H groups in total. The summed E-state index contributed by atoms with van der Waals surface area (Å²) < 4.78 is 1.03. The number of halogens is 2. The highest BCUT2D eigenvalue weighted by molar-refractivity contribution is 9.11. The average Bonchev–Trinajstić information content (AvgIpc) is 1.80. The van der Waals surface area contributed by atoms with Crippen LogP contribution in [0.25, 0.3) is 0 Å². The van der Waals surface area contributed by atoms with E-state index in [2.05, 4.69) is 34.7 Å². The highest BCUT2D eigenvalue weighted by atomic mass is 79.9. The molecular formula is C7H15BrClN. The summed E-state index contributed by atoms with van der Waals surface area (Å²) in [6, 6.07) is 0. The summed E-state index contributed by atoms with van der Waals surface area (Å²) in [6.45, 7) is 7.88. The van der Waals surface area contributed by atoms with Crippen LogP contribution in [0.15, 0.2) is 11.1 Å². The Hall–Kier alpha value is 0.470. The number of rotatable bonds is 5. The van der Waals surface area contributed by atoms with E-state index in [-0.39, 0.29) is 12.4 Å². The van der Waals surface area contributed by atoms with Crippen LogP contribution in [0.4, 0.5) is 0 Å². The van der Waals surface area contributed by atoms with Crippen molar-refractivity contribution in [2.75, 3.05) is 13.1 Å². The first-order valence-electron chi connectivity index (χ1n) is 3.31. The van der Waals surface area contributed by atoms with E-state index < -0.39 is 0 Å². The molecule has 0 aliphatic heterocycles. The molecule has 10 heavy (non-hydrogen) atoms. The Labute approximate surface area is 77.8 Å². The van der Waals surface area contributed by atoms with E-state index in [1.165, 1.54) is 12.8 Å². The molecule has 0 bridgehead atoms. The SMILES string of the molecule is C=C(Br)CNCCCC.Cl. The van der Waals surface area contributed by atoms with Crippen molar-refractivity contribution >= 4 is 28.3 Å².